The Morgan fingerprint density at radius 3 is 2.80 bits per heavy atom. The Balaban J connectivity index is 1.47. The van der Waals surface area contributed by atoms with E-state index in [1.165, 1.54) is 6.26 Å². The van der Waals surface area contributed by atoms with Crippen molar-refractivity contribution < 1.29 is 19.1 Å². The number of aliphatic hydroxyl groups is 1. The van der Waals surface area contributed by atoms with E-state index in [-0.39, 0.29) is 37.1 Å². The van der Waals surface area contributed by atoms with Gasteiger partial charge in [0.05, 0.1) is 12.8 Å². The third-order valence-corrected chi connectivity index (χ3v) is 4.52. The van der Waals surface area contributed by atoms with Crippen molar-refractivity contribution in [2.24, 2.45) is 0 Å². The van der Waals surface area contributed by atoms with Gasteiger partial charge in [0, 0.05) is 13.0 Å². The monoisotopic (exact) mass is 342 g/mol. The number of hydrogen-bond acceptors (Lipinski definition) is 4. The van der Waals surface area contributed by atoms with Crippen LogP contribution in [-0.2, 0) is 16.8 Å². The van der Waals surface area contributed by atoms with Gasteiger partial charge in [-0.3, -0.25) is 9.59 Å². The van der Waals surface area contributed by atoms with Crippen LogP contribution in [0.5, 0.6) is 0 Å². The van der Waals surface area contributed by atoms with E-state index in [1.54, 1.807) is 12.1 Å². The molecule has 2 aromatic rings. The van der Waals surface area contributed by atoms with Crippen molar-refractivity contribution in [3.63, 3.8) is 0 Å². The van der Waals surface area contributed by atoms with Crippen molar-refractivity contribution >= 4 is 11.8 Å². The van der Waals surface area contributed by atoms with Gasteiger partial charge >= 0.3 is 0 Å². The minimum atomic E-state index is -1.03. The molecule has 0 spiro atoms. The summed E-state index contributed by atoms with van der Waals surface area (Å²) in [6, 6.07) is 11.0. The van der Waals surface area contributed by atoms with E-state index >= 15 is 0 Å². The fraction of sp³-hybridized carbons (Fsp3) is 0.368. The van der Waals surface area contributed by atoms with Crippen LogP contribution in [0.3, 0.4) is 0 Å². The first-order valence-electron chi connectivity index (χ1n) is 8.48. The quantitative estimate of drug-likeness (QED) is 0.746. The van der Waals surface area contributed by atoms with Crippen molar-refractivity contribution in [2.45, 2.75) is 31.3 Å². The lowest BCUT2D eigenvalue weighted by Gasteiger charge is -2.34. The zero-order chi connectivity index (χ0) is 17.7. The maximum absolute atomic E-state index is 12.0. The predicted octanol–water partition coefficient (Wildman–Crippen LogP) is 1.74. The van der Waals surface area contributed by atoms with Crippen molar-refractivity contribution in [1.29, 1.82) is 0 Å². The molecule has 0 saturated heterocycles. The lowest BCUT2D eigenvalue weighted by molar-refractivity contribution is -0.122. The van der Waals surface area contributed by atoms with Gasteiger partial charge in [-0.2, -0.15) is 0 Å². The molecule has 0 fully saturated rings. The molecular weight excluding hydrogens is 320 g/mol. The molecule has 3 N–H and O–H groups in total. The van der Waals surface area contributed by atoms with Crippen LogP contribution in [0.25, 0.3) is 0 Å². The van der Waals surface area contributed by atoms with Crippen molar-refractivity contribution in [2.75, 3.05) is 13.1 Å². The molecule has 3 rings (SSSR count). The fourth-order valence-electron chi connectivity index (χ4n) is 3.20. The standard InChI is InChI=1S/C19H22N2O4/c22-17(9-11-20-18(23)16-8-4-12-25-16)21-13-19(24)10-3-6-14-5-1-2-7-15(14)19/h1-2,4-5,7-8,12,24H,3,6,9-11,13H2,(H,20,23)(H,21,22). The molecule has 1 heterocycles. The Labute approximate surface area is 146 Å². The zero-order valence-corrected chi connectivity index (χ0v) is 14.0. The van der Waals surface area contributed by atoms with Crippen LogP contribution in [0.2, 0.25) is 0 Å². The SMILES string of the molecule is O=C(CCNC(=O)c1ccco1)NCC1(O)CCCc2ccccc21. The molecule has 0 bridgehead atoms. The number of hydrogen-bond donors (Lipinski definition) is 3. The number of carbonyl (C=O) groups excluding carboxylic acids is 2. The van der Waals surface area contributed by atoms with E-state index in [9.17, 15) is 14.7 Å². The van der Waals surface area contributed by atoms with E-state index in [0.29, 0.717) is 6.42 Å². The van der Waals surface area contributed by atoms with Gasteiger partial charge in [-0.25, -0.2) is 0 Å². The van der Waals surface area contributed by atoms with Gasteiger partial charge in [0.15, 0.2) is 5.76 Å². The Kier molecular flexibility index (Phi) is 5.19. The molecule has 1 atom stereocenters. The predicted molar refractivity (Wildman–Crippen MR) is 91.9 cm³/mol. The molecule has 0 saturated carbocycles. The van der Waals surface area contributed by atoms with Crippen LogP contribution in [-0.4, -0.2) is 30.0 Å². The van der Waals surface area contributed by atoms with E-state index in [0.717, 1.165) is 24.0 Å². The number of carbonyl (C=O) groups is 2. The highest BCUT2D eigenvalue weighted by Gasteiger charge is 2.34. The number of amides is 2. The number of nitrogens with one attached hydrogen (secondary N) is 2. The second kappa shape index (κ2) is 7.53. The van der Waals surface area contributed by atoms with Crippen LogP contribution >= 0.6 is 0 Å². The maximum atomic E-state index is 12.0. The van der Waals surface area contributed by atoms with Crippen LogP contribution in [0.15, 0.2) is 47.1 Å². The number of fused-ring (bicyclic) bond motifs is 1. The summed E-state index contributed by atoms with van der Waals surface area (Å²) in [6.07, 6.45) is 4.03. The van der Waals surface area contributed by atoms with E-state index in [1.807, 2.05) is 24.3 Å². The van der Waals surface area contributed by atoms with Gasteiger partial charge < -0.3 is 20.2 Å². The molecule has 1 unspecified atom stereocenters. The van der Waals surface area contributed by atoms with Crippen LogP contribution < -0.4 is 10.6 Å². The van der Waals surface area contributed by atoms with Crippen LogP contribution in [0, 0.1) is 0 Å². The van der Waals surface area contributed by atoms with Crippen molar-refractivity contribution in [1.82, 2.24) is 10.6 Å². The Morgan fingerprint density at radius 2 is 2.00 bits per heavy atom. The van der Waals surface area contributed by atoms with Gasteiger partial charge in [-0.1, -0.05) is 24.3 Å². The van der Waals surface area contributed by atoms with Crippen molar-refractivity contribution in [3.05, 3.63) is 59.5 Å². The molecular formula is C19H22N2O4. The van der Waals surface area contributed by atoms with E-state index in [4.69, 9.17) is 4.42 Å². The molecule has 2 amide bonds. The van der Waals surface area contributed by atoms with Crippen LogP contribution in [0.1, 0.15) is 40.9 Å². The molecule has 1 aliphatic carbocycles. The van der Waals surface area contributed by atoms with Crippen LogP contribution in [0.4, 0.5) is 0 Å². The average molecular weight is 342 g/mol. The average Bonchev–Trinajstić information content (AvgIpc) is 3.15. The first-order chi connectivity index (χ1) is 12.1. The lowest BCUT2D eigenvalue weighted by atomic mass is 9.79. The number of aryl methyl sites for hydroxylation is 1. The number of furan rings is 1. The summed E-state index contributed by atoms with van der Waals surface area (Å²) < 4.78 is 4.98. The highest BCUT2D eigenvalue weighted by atomic mass is 16.3. The molecule has 6 heteroatoms. The first kappa shape index (κ1) is 17.2. The Hall–Kier alpha value is -2.60. The highest BCUT2D eigenvalue weighted by Crippen LogP contribution is 2.34. The zero-order valence-electron chi connectivity index (χ0n) is 14.0. The third-order valence-electron chi connectivity index (χ3n) is 4.52. The summed E-state index contributed by atoms with van der Waals surface area (Å²) >= 11 is 0. The topological polar surface area (TPSA) is 91.6 Å². The van der Waals surface area contributed by atoms with Gasteiger partial charge in [0.25, 0.3) is 5.91 Å². The van der Waals surface area contributed by atoms with E-state index < -0.39 is 5.60 Å². The largest absolute Gasteiger partial charge is 0.459 e. The summed E-state index contributed by atoms with van der Waals surface area (Å²) in [5.41, 5.74) is 1.01. The highest BCUT2D eigenvalue weighted by molar-refractivity contribution is 5.91. The minimum absolute atomic E-state index is 0.143. The Morgan fingerprint density at radius 1 is 1.16 bits per heavy atom. The molecule has 6 nitrogen and oxygen atoms in total. The van der Waals surface area contributed by atoms with Gasteiger partial charge in [0.1, 0.15) is 5.60 Å². The lowest BCUT2D eigenvalue weighted by Crippen LogP contribution is -2.43. The molecule has 0 radical (unpaired) electrons. The van der Waals surface area contributed by atoms with Gasteiger partial charge in [-0.15, -0.1) is 0 Å². The molecule has 0 aliphatic heterocycles. The smallest absolute Gasteiger partial charge is 0.286 e. The second-order valence-corrected chi connectivity index (χ2v) is 6.30. The maximum Gasteiger partial charge on any atom is 0.286 e. The third kappa shape index (κ3) is 4.09. The second-order valence-electron chi connectivity index (χ2n) is 6.30. The molecule has 25 heavy (non-hydrogen) atoms. The Bertz CT molecular complexity index is 742. The number of rotatable bonds is 6. The van der Waals surface area contributed by atoms with Gasteiger partial charge in [0.2, 0.25) is 5.91 Å². The molecule has 1 aliphatic rings. The summed E-state index contributed by atoms with van der Waals surface area (Å²) in [6.45, 7) is 0.384. The minimum Gasteiger partial charge on any atom is -0.459 e. The fourth-order valence-corrected chi connectivity index (χ4v) is 3.20. The summed E-state index contributed by atoms with van der Waals surface area (Å²) in [4.78, 5) is 23.7. The molecule has 1 aromatic carbocycles. The first-order valence-corrected chi connectivity index (χ1v) is 8.48. The molecule has 1 aromatic heterocycles. The summed E-state index contributed by atoms with van der Waals surface area (Å²) in [5, 5.41) is 16.3. The van der Waals surface area contributed by atoms with Crippen molar-refractivity contribution in [3.8, 4) is 0 Å². The summed E-state index contributed by atoms with van der Waals surface area (Å²) in [7, 11) is 0. The number of benzene rings is 1. The van der Waals surface area contributed by atoms with E-state index in [2.05, 4.69) is 10.6 Å². The normalized spacial score (nSPS) is 19.1. The van der Waals surface area contributed by atoms with Gasteiger partial charge in [-0.05, 0) is 42.5 Å². The summed E-state index contributed by atoms with van der Waals surface area (Å²) in [5.74, 6) is -0.345. The molecule has 132 valence electrons.